The van der Waals surface area contributed by atoms with Crippen molar-refractivity contribution >= 4 is 22.7 Å². The Hall–Kier alpha value is -2.24. The number of nitrogens with two attached hydrogens (primary N) is 1. The van der Waals surface area contributed by atoms with Crippen LogP contribution < -0.4 is 20.5 Å². The molecule has 0 aliphatic heterocycles. The van der Waals surface area contributed by atoms with E-state index in [1.165, 1.54) is 19.3 Å². The number of fused-ring (bicyclic) bond motifs is 1. The summed E-state index contributed by atoms with van der Waals surface area (Å²) in [6.07, 6.45) is 3.88. The minimum Gasteiger partial charge on any atom is -0.493 e. The topological polar surface area (TPSA) is 82.3 Å². The third-order valence-electron chi connectivity index (χ3n) is 4.00. The standard InChI is InChI=1S/C15H20N4O2/c1-20-12-6-10-11(7-13(12)21-2)18-15(19-14(10)16)17-8-9-4-3-5-9/h6-7,9H,3-5,8H2,1-2H3,(H3,16,17,18,19). The highest BCUT2D eigenvalue weighted by molar-refractivity contribution is 5.91. The Morgan fingerprint density at radius 3 is 2.52 bits per heavy atom. The zero-order valence-corrected chi connectivity index (χ0v) is 12.3. The van der Waals surface area contributed by atoms with E-state index in [9.17, 15) is 0 Å². The van der Waals surface area contributed by atoms with Gasteiger partial charge in [0.15, 0.2) is 11.5 Å². The lowest BCUT2D eigenvalue weighted by atomic mass is 9.85. The summed E-state index contributed by atoms with van der Waals surface area (Å²) in [5.74, 6) is 3.00. The molecular formula is C15H20N4O2. The first-order valence-electron chi connectivity index (χ1n) is 7.14. The fourth-order valence-corrected chi connectivity index (χ4v) is 2.49. The summed E-state index contributed by atoms with van der Waals surface area (Å²) in [4.78, 5) is 8.83. The van der Waals surface area contributed by atoms with E-state index in [1.807, 2.05) is 6.07 Å². The SMILES string of the molecule is COc1cc2nc(NCC3CCC3)nc(N)c2cc1OC. The van der Waals surface area contributed by atoms with Gasteiger partial charge in [0.25, 0.3) is 0 Å². The number of rotatable bonds is 5. The summed E-state index contributed by atoms with van der Waals surface area (Å²) in [5, 5.41) is 4.04. The molecule has 1 heterocycles. The number of benzene rings is 1. The Kier molecular flexibility index (Phi) is 3.68. The van der Waals surface area contributed by atoms with Crippen LogP contribution in [0.25, 0.3) is 10.9 Å². The van der Waals surface area contributed by atoms with Crippen LogP contribution in [-0.4, -0.2) is 30.7 Å². The molecule has 0 unspecified atom stereocenters. The summed E-state index contributed by atoms with van der Waals surface area (Å²) in [5.41, 5.74) is 6.78. The molecule has 6 nitrogen and oxygen atoms in total. The number of nitrogens with zero attached hydrogens (tertiary/aromatic N) is 2. The van der Waals surface area contributed by atoms with E-state index in [1.54, 1.807) is 20.3 Å². The van der Waals surface area contributed by atoms with Gasteiger partial charge in [0.1, 0.15) is 5.82 Å². The van der Waals surface area contributed by atoms with Crippen LogP contribution in [0, 0.1) is 5.92 Å². The normalized spacial score (nSPS) is 14.8. The third kappa shape index (κ3) is 2.66. The highest BCUT2D eigenvalue weighted by atomic mass is 16.5. The van der Waals surface area contributed by atoms with Gasteiger partial charge >= 0.3 is 0 Å². The smallest absolute Gasteiger partial charge is 0.225 e. The van der Waals surface area contributed by atoms with Crippen molar-refractivity contribution in [1.82, 2.24) is 9.97 Å². The lowest BCUT2D eigenvalue weighted by Crippen LogP contribution is -2.22. The van der Waals surface area contributed by atoms with Crippen LogP contribution in [0.2, 0.25) is 0 Å². The van der Waals surface area contributed by atoms with E-state index in [0.717, 1.165) is 23.4 Å². The van der Waals surface area contributed by atoms with Crippen LogP contribution >= 0.6 is 0 Å². The Morgan fingerprint density at radius 1 is 1.19 bits per heavy atom. The van der Waals surface area contributed by atoms with E-state index in [4.69, 9.17) is 15.2 Å². The molecule has 1 aliphatic carbocycles. The Balaban J connectivity index is 1.93. The Morgan fingerprint density at radius 2 is 1.90 bits per heavy atom. The van der Waals surface area contributed by atoms with E-state index in [-0.39, 0.29) is 0 Å². The highest BCUT2D eigenvalue weighted by Crippen LogP contribution is 2.33. The van der Waals surface area contributed by atoms with Gasteiger partial charge in [-0.3, -0.25) is 0 Å². The molecule has 0 atom stereocenters. The second-order valence-electron chi connectivity index (χ2n) is 5.33. The summed E-state index contributed by atoms with van der Waals surface area (Å²) < 4.78 is 10.6. The molecule has 0 radical (unpaired) electrons. The number of nitrogens with one attached hydrogen (secondary N) is 1. The van der Waals surface area contributed by atoms with Crippen LogP contribution in [-0.2, 0) is 0 Å². The minimum absolute atomic E-state index is 0.442. The zero-order valence-electron chi connectivity index (χ0n) is 12.3. The van der Waals surface area contributed by atoms with Gasteiger partial charge in [-0.25, -0.2) is 4.98 Å². The first kappa shape index (κ1) is 13.7. The first-order valence-corrected chi connectivity index (χ1v) is 7.14. The zero-order chi connectivity index (χ0) is 14.8. The van der Waals surface area contributed by atoms with E-state index in [2.05, 4.69) is 15.3 Å². The summed E-state index contributed by atoms with van der Waals surface area (Å²) in [7, 11) is 3.19. The van der Waals surface area contributed by atoms with E-state index < -0.39 is 0 Å². The van der Waals surface area contributed by atoms with Crippen molar-refractivity contribution in [2.24, 2.45) is 5.92 Å². The molecule has 6 heteroatoms. The lowest BCUT2D eigenvalue weighted by molar-refractivity contribution is 0.333. The number of methoxy groups -OCH3 is 2. The Bertz CT molecular complexity index is 656. The predicted molar refractivity (Wildman–Crippen MR) is 82.9 cm³/mol. The third-order valence-corrected chi connectivity index (χ3v) is 4.00. The molecular weight excluding hydrogens is 268 g/mol. The van der Waals surface area contributed by atoms with Gasteiger partial charge in [0, 0.05) is 18.0 Å². The molecule has 1 aromatic heterocycles. The van der Waals surface area contributed by atoms with Crippen molar-refractivity contribution in [3.05, 3.63) is 12.1 Å². The number of hydrogen-bond donors (Lipinski definition) is 2. The van der Waals surface area contributed by atoms with Crippen molar-refractivity contribution < 1.29 is 9.47 Å². The first-order chi connectivity index (χ1) is 10.2. The molecule has 3 N–H and O–H groups in total. The molecule has 112 valence electrons. The summed E-state index contributed by atoms with van der Waals surface area (Å²) >= 11 is 0. The number of anilines is 2. The molecule has 3 rings (SSSR count). The number of nitrogen functional groups attached to an aromatic ring is 1. The van der Waals surface area contributed by atoms with Gasteiger partial charge in [0.05, 0.1) is 19.7 Å². The van der Waals surface area contributed by atoms with E-state index >= 15 is 0 Å². The molecule has 0 saturated heterocycles. The maximum atomic E-state index is 6.04. The fraction of sp³-hybridized carbons (Fsp3) is 0.467. The largest absolute Gasteiger partial charge is 0.493 e. The minimum atomic E-state index is 0.442. The summed E-state index contributed by atoms with van der Waals surface area (Å²) in [6.45, 7) is 0.901. The molecule has 1 aromatic carbocycles. The van der Waals surface area contributed by atoms with Crippen molar-refractivity contribution in [3.8, 4) is 11.5 Å². The molecule has 1 fully saturated rings. The average Bonchev–Trinajstić information content (AvgIpc) is 2.44. The van der Waals surface area contributed by atoms with Crippen LogP contribution in [0.1, 0.15) is 19.3 Å². The van der Waals surface area contributed by atoms with Crippen LogP contribution in [0.4, 0.5) is 11.8 Å². The van der Waals surface area contributed by atoms with Crippen molar-refractivity contribution in [1.29, 1.82) is 0 Å². The van der Waals surface area contributed by atoms with Crippen LogP contribution in [0.3, 0.4) is 0 Å². The fourth-order valence-electron chi connectivity index (χ4n) is 2.49. The van der Waals surface area contributed by atoms with Gasteiger partial charge in [-0.2, -0.15) is 4.98 Å². The maximum Gasteiger partial charge on any atom is 0.225 e. The second kappa shape index (κ2) is 5.63. The summed E-state index contributed by atoms with van der Waals surface area (Å²) in [6, 6.07) is 3.62. The number of aromatic nitrogens is 2. The maximum absolute atomic E-state index is 6.04. The molecule has 2 aromatic rings. The van der Waals surface area contributed by atoms with Crippen molar-refractivity contribution in [2.45, 2.75) is 19.3 Å². The number of hydrogen-bond acceptors (Lipinski definition) is 6. The molecule has 0 spiro atoms. The van der Waals surface area contributed by atoms with Gasteiger partial charge in [0.2, 0.25) is 5.95 Å². The second-order valence-corrected chi connectivity index (χ2v) is 5.33. The van der Waals surface area contributed by atoms with Gasteiger partial charge in [-0.1, -0.05) is 6.42 Å². The average molecular weight is 288 g/mol. The Labute approximate surface area is 123 Å². The van der Waals surface area contributed by atoms with Crippen LogP contribution in [0.5, 0.6) is 11.5 Å². The number of ether oxygens (including phenoxy) is 2. The van der Waals surface area contributed by atoms with Gasteiger partial charge in [-0.05, 0) is 24.8 Å². The van der Waals surface area contributed by atoms with E-state index in [0.29, 0.717) is 23.3 Å². The van der Waals surface area contributed by atoms with Crippen molar-refractivity contribution in [3.63, 3.8) is 0 Å². The van der Waals surface area contributed by atoms with Gasteiger partial charge in [-0.15, -0.1) is 0 Å². The quantitative estimate of drug-likeness (QED) is 0.879. The predicted octanol–water partition coefficient (Wildman–Crippen LogP) is 2.44. The monoisotopic (exact) mass is 288 g/mol. The highest BCUT2D eigenvalue weighted by Gasteiger charge is 2.18. The lowest BCUT2D eigenvalue weighted by Gasteiger charge is -2.25. The molecule has 21 heavy (non-hydrogen) atoms. The van der Waals surface area contributed by atoms with Crippen molar-refractivity contribution in [2.75, 3.05) is 31.8 Å². The molecule has 0 amide bonds. The molecule has 1 saturated carbocycles. The molecule has 1 aliphatic rings. The molecule has 0 bridgehead atoms. The van der Waals surface area contributed by atoms with Gasteiger partial charge < -0.3 is 20.5 Å². The van der Waals surface area contributed by atoms with Crippen LogP contribution in [0.15, 0.2) is 12.1 Å².